The maximum Gasteiger partial charge on any atom is 0.257 e. The number of hydrogen-bond acceptors (Lipinski definition) is 5. The molecule has 1 aromatic heterocycles. The van der Waals surface area contributed by atoms with Gasteiger partial charge in [0.2, 0.25) is 5.82 Å². The van der Waals surface area contributed by atoms with Crippen LogP contribution in [0.3, 0.4) is 0 Å². The average molecular weight is 376 g/mol. The van der Waals surface area contributed by atoms with Crippen LogP contribution in [0.15, 0.2) is 58.2 Å². The minimum atomic E-state index is -0.435. The zero-order chi connectivity index (χ0) is 17.8. The number of aliphatic imine (C=N–C) groups is 1. The summed E-state index contributed by atoms with van der Waals surface area (Å²) in [7, 11) is 0. The molecule has 1 heterocycles. The Balaban J connectivity index is 1.84. The maximum atomic E-state index is 12.3. The lowest BCUT2D eigenvalue weighted by atomic mass is 10.2. The lowest BCUT2D eigenvalue weighted by Crippen LogP contribution is -2.19. The number of carbonyl (C=O) groups excluding carboxylic acids is 1. The summed E-state index contributed by atoms with van der Waals surface area (Å²) in [5, 5.41) is 10.8. The number of hydrogen-bond donors (Lipinski definition) is 2. The minimum Gasteiger partial charge on any atom is -0.382 e. The van der Waals surface area contributed by atoms with E-state index in [0.717, 1.165) is 0 Å². The van der Waals surface area contributed by atoms with E-state index in [9.17, 15) is 4.79 Å². The molecule has 0 aliphatic rings. The highest BCUT2D eigenvalue weighted by Gasteiger charge is 2.17. The van der Waals surface area contributed by atoms with Crippen molar-refractivity contribution in [1.82, 2.24) is 10.3 Å². The second kappa shape index (κ2) is 7.33. The Morgan fingerprint density at radius 3 is 2.52 bits per heavy atom. The van der Waals surface area contributed by atoms with Gasteiger partial charge >= 0.3 is 0 Å². The van der Waals surface area contributed by atoms with Gasteiger partial charge in [-0.1, -0.05) is 35.3 Å². The molecule has 3 aromatic rings. The van der Waals surface area contributed by atoms with E-state index in [0.29, 0.717) is 21.3 Å². The molecule has 2 aromatic carbocycles. The molecule has 0 spiro atoms. The third-order valence-corrected chi connectivity index (χ3v) is 3.58. The van der Waals surface area contributed by atoms with Crippen LogP contribution in [-0.4, -0.2) is 22.1 Å². The molecular weight excluding hydrogens is 365 g/mol. The fourth-order valence-corrected chi connectivity index (χ4v) is 2.36. The summed E-state index contributed by atoms with van der Waals surface area (Å²) in [6.07, 6.45) is 0. The smallest absolute Gasteiger partial charge is 0.257 e. The summed E-state index contributed by atoms with van der Waals surface area (Å²) in [6.45, 7) is 0. The molecule has 0 saturated heterocycles. The van der Waals surface area contributed by atoms with Crippen LogP contribution in [0.2, 0.25) is 10.0 Å². The van der Waals surface area contributed by atoms with Crippen LogP contribution >= 0.6 is 23.2 Å². The maximum absolute atomic E-state index is 12.3. The summed E-state index contributed by atoms with van der Waals surface area (Å²) >= 11 is 11.8. The molecule has 3 N–H and O–H groups in total. The fourth-order valence-electron chi connectivity index (χ4n) is 1.99. The van der Waals surface area contributed by atoms with Gasteiger partial charge in [0, 0.05) is 15.6 Å². The average Bonchev–Trinajstić information content (AvgIpc) is 3.03. The van der Waals surface area contributed by atoms with Crippen molar-refractivity contribution in [1.29, 1.82) is 0 Å². The van der Waals surface area contributed by atoms with Gasteiger partial charge in [0.1, 0.15) is 0 Å². The highest BCUT2D eigenvalue weighted by Crippen LogP contribution is 2.20. The topological polar surface area (TPSA) is 106 Å². The molecular formula is C16H11Cl2N5O2. The first-order valence-electron chi connectivity index (χ1n) is 7.02. The SMILES string of the molecule is NC(=Nc1cccc(Cl)c1)c1nonc1NC(=O)c1cccc(Cl)c1. The van der Waals surface area contributed by atoms with E-state index in [4.69, 9.17) is 28.9 Å². The number of carbonyl (C=O) groups is 1. The zero-order valence-electron chi connectivity index (χ0n) is 12.6. The van der Waals surface area contributed by atoms with Gasteiger partial charge in [0.15, 0.2) is 11.5 Å². The number of nitrogens with one attached hydrogen (secondary N) is 1. The summed E-state index contributed by atoms with van der Waals surface area (Å²) in [5.41, 5.74) is 6.92. The molecule has 3 rings (SSSR count). The van der Waals surface area contributed by atoms with Crippen LogP contribution < -0.4 is 11.1 Å². The van der Waals surface area contributed by atoms with Gasteiger partial charge in [0.05, 0.1) is 5.69 Å². The van der Waals surface area contributed by atoms with Crippen molar-refractivity contribution in [2.24, 2.45) is 10.7 Å². The molecule has 25 heavy (non-hydrogen) atoms. The van der Waals surface area contributed by atoms with Gasteiger partial charge < -0.3 is 11.1 Å². The lowest BCUT2D eigenvalue weighted by molar-refractivity contribution is 0.102. The van der Waals surface area contributed by atoms with Gasteiger partial charge in [-0.05, 0) is 46.7 Å². The molecule has 0 atom stereocenters. The predicted octanol–water partition coefficient (Wildman–Crippen LogP) is 3.67. The Kier molecular flexibility index (Phi) is 4.97. The normalized spacial score (nSPS) is 11.4. The first-order valence-corrected chi connectivity index (χ1v) is 7.78. The third-order valence-electron chi connectivity index (χ3n) is 3.11. The van der Waals surface area contributed by atoms with Crippen molar-refractivity contribution in [3.8, 4) is 0 Å². The number of nitrogens with two attached hydrogens (primary N) is 1. The molecule has 0 fully saturated rings. The van der Waals surface area contributed by atoms with Crippen molar-refractivity contribution in [2.75, 3.05) is 5.32 Å². The van der Waals surface area contributed by atoms with Crippen LogP contribution in [-0.2, 0) is 0 Å². The molecule has 0 unspecified atom stereocenters. The Labute approximate surface area is 152 Å². The summed E-state index contributed by atoms with van der Waals surface area (Å²) in [5.74, 6) is -0.367. The first-order chi connectivity index (χ1) is 12.0. The van der Waals surface area contributed by atoms with Crippen LogP contribution in [0.5, 0.6) is 0 Å². The van der Waals surface area contributed by atoms with Gasteiger partial charge in [-0.3, -0.25) is 4.79 Å². The zero-order valence-corrected chi connectivity index (χ0v) is 14.1. The van der Waals surface area contributed by atoms with Crippen molar-refractivity contribution in [3.05, 3.63) is 69.8 Å². The van der Waals surface area contributed by atoms with Gasteiger partial charge in [0.25, 0.3) is 5.91 Å². The summed E-state index contributed by atoms with van der Waals surface area (Å²) in [6, 6.07) is 13.3. The van der Waals surface area contributed by atoms with E-state index in [1.807, 2.05) is 0 Å². The number of rotatable bonds is 4. The Bertz CT molecular complexity index is 955. The van der Waals surface area contributed by atoms with E-state index in [-0.39, 0.29) is 17.3 Å². The van der Waals surface area contributed by atoms with Crippen molar-refractivity contribution < 1.29 is 9.42 Å². The van der Waals surface area contributed by atoms with E-state index in [1.54, 1.807) is 42.5 Å². The monoisotopic (exact) mass is 375 g/mol. The summed E-state index contributed by atoms with van der Waals surface area (Å²) < 4.78 is 4.66. The Morgan fingerprint density at radius 2 is 1.80 bits per heavy atom. The number of amidine groups is 1. The van der Waals surface area contributed by atoms with Crippen LogP contribution in [0.1, 0.15) is 16.1 Å². The number of anilines is 1. The predicted molar refractivity (Wildman–Crippen MR) is 95.5 cm³/mol. The van der Waals surface area contributed by atoms with Crippen molar-refractivity contribution in [2.45, 2.75) is 0 Å². The van der Waals surface area contributed by atoms with Crippen molar-refractivity contribution in [3.63, 3.8) is 0 Å². The van der Waals surface area contributed by atoms with E-state index in [1.165, 1.54) is 6.07 Å². The third kappa shape index (κ3) is 4.14. The highest BCUT2D eigenvalue weighted by atomic mass is 35.5. The molecule has 9 heteroatoms. The quantitative estimate of drug-likeness (QED) is 0.534. The molecule has 7 nitrogen and oxygen atoms in total. The van der Waals surface area contributed by atoms with Gasteiger partial charge in [-0.2, -0.15) is 0 Å². The number of halogens is 2. The van der Waals surface area contributed by atoms with E-state index < -0.39 is 5.91 Å². The van der Waals surface area contributed by atoms with Gasteiger partial charge in [-0.25, -0.2) is 9.62 Å². The Hall–Kier alpha value is -2.90. The number of aromatic nitrogens is 2. The van der Waals surface area contributed by atoms with Crippen LogP contribution in [0, 0.1) is 0 Å². The molecule has 0 saturated carbocycles. The summed E-state index contributed by atoms with van der Waals surface area (Å²) in [4.78, 5) is 16.5. The van der Waals surface area contributed by atoms with E-state index >= 15 is 0 Å². The lowest BCUT2D eigenvalue weighted by Gasteiger charge is -2.03. The molecule has 126 valence electrons. The fraction of sp³-hybridized carbons (Fsp3) is 0. The standard InChI is InChI=1S/C16H11Cl2N5O2/c17-10-4-1-3-9(7-10)16(24)21-15-13(22-25-23-15)14(19)20-12-6-2-5-11(18)8-12/h1-8H,(H2,19,20)(H,21,23,24). The number of benzene rings is 2. The second-order valence-corrected chi connectivity index (χ2v) is 5.78. The number of amides is 1. The minimum absolute atomic E-state index is 0.0184. The van der Waals surface area contributed by atoms with Crippen LogP contribution in [0.4, 0.5) is 11.5 Å². The molecule has 0 radical (unpaired) electrons. The largest absolute Gasteiger partial charge is 0.382 e. The second-order valence-electron chi connectivity index (χ2n) is 4.90. The highest BCUT2D eigenvalue weighted by molar-refractivity contribution is 6.31. The first kappa shape index (κ1) is 16.9. The molecule has 0 bridgehead atoms. The van der Waals surface area contributed by atoms with E-state index in [2.05, 4.69) is 25.3 Å². The Morgan fingerprint density at radius 1 is 1.08 bits per heavy atom. The van der Waals surface area contributed by atoms with Crippen molar-refractivity contribution >= 4 is 46.4 Å². The number of nitrogens with zero attached hydrogens (tertiary/aromatic N) is 3. The van der Waals surface area contributed by atoms with Gasteiger partial charge in [-0.15, -0.1) is 0 Å². The molecule has 1 amide bonds. The molecule has 0 aliphatic carbocycles. The van der Waals surface area contributed by atoms with Crippen LogP contribution in [0.25, 0.3) is 0 Å². The molecule has 0 aliphatic heterocycles.